The number of hydrogen-bond acceptors (Lipinski definition) is 3. The second kappa shape index (κ2) is 4.86. The van der Waals surface area contributed by atoms with E-state index in [0.29, 0.717) is 5.69 Å². The minimum Gasteiger partial charge on any atom is -0.367 e. The summed E-state index contributed by atoms with van der Waals surface area (Å²) in [7, 11) is 0. The van der Waals surface area contributed by atoms with Crippen LogP contribution in [0.3, 0.4) is 0 Å². The molecule has 3 N–H and O–H groups in total. The molecule has 0 aromatic heterocycles. The van der Waals surface area contributed by atoms with Crippen LogP contribution in [0, 0.1) is 0 Å². The molecular weight excluding hydrogens is 182 g/mol. The Morgan fingerprint density at radius 3 is 2.64 bits per heavy atom. The lowest BCUT2D eigenvalue weighted by Gasteiger charge is -2.02. The Bertz CT molecular complexity index is 335. The molecule has 0 aliphatic heterocycles. The van der Waals surface area contributed by atoms with Gasteiger partial charge in [0.05, 0.1) is 5.69 Å². The largest absolute Gasteiger partial charge is 0.367 e. The molecule has 1 aromatic rings. The van der Waals surface area contributed by atoms with Crippen LogP contribution in [0.4, 0.5) is 5.69 Å². The van der Waals surface area contributed by atoms with E-state index in [1.807, 2.05) is 18.2 Å². The molecule has 14 heavy (non-hydrogen) atoms. The Morgan fingerprint density at radius 2 is 2.07 bits per heavy atom. The molecular formula is C9H11N3O2. The maximum absolute atomic E-state index is 10.4. The zero-order chi connectivity index (χ0) is 10.4. The second-order valence-corrected chi connectivity index (χ2v) is 2.53. The first-order valence-corrected chi connectivity index (χ1v) is 4.01. The lowest BCUT2D eigenvalue weighted by atomic mass is 10.3. The van der Waals surface area contributed by atoms with Crippen LogP contribution in [0.1, 0.15) is 6.92 Å². The number of rotatable bonds is 1. The van der Waals surface area contributed by atoms with Crippen molar-refractivity contribution < 1.29 is 9.63 Å². The van der Waals surface area contributed by atoms with E-state index < -0.39 is 5.97 Å². The quantitative estimate of drug-likeness (QED) is 0.391. The average Bonchev–Trinajstić information content (AvgIpc) is 2.16. The molecule has 0 aliphatic rings. The molecule has 0 radical (unpaired) electrons. The van der Waals surface area contributed by atoms with Gasteiger partial charge in [0.15, 0.2) is 0 Å². The van der Waals surface area contributed by atoms with E-state index in [2.05, 4.69) is 15.3 Å². The second-order valence-electron chi connectivity index (χ2n) is 2.53. The van der Waals surface area contributed by atoms with Crippen LogP contribution < -0.4 is 11.2 Å². The third-order valence-corrected chi connectivity index (χ3v) is 1.31. The van der Waals surface area contributed by atoms with Gasteiger partial charge in [-0.2, -0.15) is 5.48 Å². The number of carbonyl (C=O) groups is 1. The van der Waals surface area contributed by atoms with Crippen LogP contribution in [-0.2, 0) is 9.63 Å². The van der Waals surface area contributed by atoms with Crippen LogP contribution in [0.15, 0.2) is 35.3 Å². The Balaban J connectivity index is 2.56. The summed E-state index contributed by atoms with van der Waals surface area (Å²) < 4.78 is 0. The maximum atomic E-state index is 10.4. The standard InChI is InChI=1S/C9H11N3O2/c1-7(13)14-12-9(10)11-8-5-3-2-4-6-8/h2-6H,1H3,(H3,10,11,12). The molecule has 0 aliphatic carbocycles. The first kappa shape index (κ1) is 10.0. The smallest absolute Gasteiger partial charge is 0.329 e. The van der Waals surface area contributed by atoms with Crippen molar-refractivity contribution in [2.45, 2.75) is 6.92 Å². The van der Waals surface area contributed by atoms with Gasteiger partial charge in [0.1, 0.15) is 0 Å². The topological polar surface area (TPSA) is 76.7 Å². The van der Waals surface area contributed by atoms with E-state index in [1.165, 1.54) is 6.92 Å². The van der Waals surface area contributed by atoms with Gasteiger partial charge in [0.2, 0.25) is 5.96 Å². The fraction of sp³-hybridized carbons (Fsp3) is 0.111. The lowest BCUT2D eigenvalue weighted by molar-refractivity contribution is -0.145. The first-order chi connectivity index (χ1) is 6.68. The predicted molar refractivity (Wildman–Crippen MR) is 52.6 cm³/mol. The molecule has 0 spiro atoms. The van der Waals surface area contributed by atoms with E-state index in [9.17, 15) is 4.79 Å². The number of nitrogens with two attached hydrogens (primary N) is 1. The van der Waals surface area contributed by atoms with Crippen molar-refractivity contribution >= 4 is 17.6 Å². The number of benzene rings is 1. The van der Waals surface area contributed by atoms with Gasteiger partial charge in [0, 0.05) is 6.92 Å². The molecule has 74 valence electrons. The van der Waals surface area contributed by atoms with Crippen molar-refractivity contribution in [1.82, 2.24) is 5.48 Å². The number of hydrogen-bond donors (Lipinski definition) is 2. The van der Waals surface area contributed by atoms with Gasteiger partial charge in [-0.25, -0.2) is 4.99 Å². The number of aliphatic imine (C=N–C) groups is 1. The molecule has 0 amide bonds. The summed E-state index contributed by atoms with van der Waals surface area (Å²) in [4.78, 5) is 18.8. The molecule has 1 rings (SSSR count). The zero-order valence-electron chi connectivity index (χ0n) is 7.73. The van der Waals surface area contributed by atoms with Crippen molar-refractivity contribution in [1.29, 1.82) is 0 Å². The van der Waals surface area contributed by atoms with Crippen LogP contribution in [0.2, 0.25) is 0 Å². The minimum absolute atomic E-state index is 0.0337. The summed E-state index contributed by atoms with van der Waals surface area (Å²) in [6, 6.07) is 9.09. The van der Waals surface area contributed by atoms with E-state index in [-0.39, 0.29) is 5.96 Å². The van der Waals surface area contributed by atoms with Gasteiger partial charge in [-0.1, -0.05) is 18.2 Å². The molecule has 0 bridgehead atoms. The van der Waals surface area contributed by atoms with Crippen molar-refractivity contribution in [2.24, 2.45) is 10.7 Å². The normalized spacial score (nSPS) is 10.8. The highest BCUT2D eigenvalue weighted by atomic mass is 16.7. The van der Waals surface area contributed by atoms with Crippen molar-refractivity contribution in [3.05, 3.63) is 30.3 Å². The maximum Gasteiger partial charge on any atom is 0.329 e. The van der Waals surface area contributed by atoms with E-state index in [0.717, 1.165) is 0 Å². The van der Waals surface area contributed by atoms with Crippen molar-refractivity contribution in [2.75, 3.05) is 0 Å². The molecule has 0 saturated heterocycles. The highest BCUT2D eigenvalue weighted by Gasteiger charge is 1.94. The Labute approximate surface area is 81.5 Å². The van der Waals surface area contributed by atoms with Gasteiger partial charge in [0.25, 0.3) is 0 Å². The number of nitrogens with one attached hydrogen (secondary N) is 1. The summed E-state index contributed by atoms with van der Waals surface area (Å²) in [6.07, 6.45) is 0. The van der Waals surface area contributed by atoms with Gasteiger partial charge in [-0.05, 0) is 12.1 Å². The molecule has 0 saturated carbocycles. The van der Waals surface area contributed by atoms with Crippen LogP contribution >= 0.6 is 0 Å². The zero-order valence-corrected chi connectivity index (χ0v) is 7.73. The third kappa shape index (κ3) is 3.57. The number of nitrogens with zero attached hydrogens (tertiary/aromatic N) is 1. The van der Waals surface area contributed by atoms with Crippen LogP contribution in [0.25, 0.3) is 0 Å². The molecule has 1 aromatic carbocycles. The Hall–Kier alpha value is -2.04. The SMILES string of the molecule is CC(=O)ONC(N)=Nc1ccccc1. The monoisotopic (exact) mass is 193 g/mol. The number of carbonyl (C=O) groups excluding carboxylic acids is 1. The number of hydroxylamine groups is 1. The van der Waals surface area contributed by atoms with Crippen LogP contribution in [-0.4, -0.2) is 11.9 Å². The molecule has 0 unspecified atom stereocenters. The number of guanidine groups is 1. The number of para-hydroxylation sites is 1. The highest BCUT2D eigenvalue weighted by molar-refractivity contribution is 5.81. The minimum atomic E-state index is -0.476. The van der Waals surface area contributed by atoms with E-state index in [1.54, 1.807) is 12.1 Å². The van der Waals surface area contributed by atoms with Gasteiger partial charge >= 0.3 is 5.97 Å². The Kier molecular flexibility index (Phi) is 3.49. The summed E-state index contributed by atoms with van der Waals surface area (Å²) in [5.74, 6) is -0.442. The fourth-order valence-electron chi connectivity index (χ4n) is 0.789. The Morgan fingerprint density at radius 1 is 1.43 bits per heavy atom. The lowest BCUT2D eigenvalue weighted by Crippen LogP contribution is -2.32. The molecule has 0 heterocycles. The van der Waals surface area contributed by atoms with Crippen molar-refractivity contribution in [3.8, 4) is 0 Å². The van der Waals surface area contributed by atoms with Crippen molar-refractivity contribution in [3.63, 3.8) is 0 Å². The fourth-order valence-corrected chi connectivity index (χ4v) is 0.789. The summed E-state index contributed by atoms with van der Waals surface area (Å²) >= 11 is 0. The summed E-state index contributed by atoms with van der Waals surface area (Å²) in [5.41, 5.74) is 8.31. The average molecular weight is 193 g/mol. The highest BCUT2D eigenvalue weighted by Crippen LogP contribution is 2.08. The van der Waals surface area contributed by atoms with Gasteiger partial charge < -0.3 is 10.6 Å². The summed E-state index contributed by atoms with van der Waals surface area (Å²) in [6.45, 7) is 1.27. The van der Waals surface area contributed by atoms with Gasteiger partial charge in [-0.3, -0.25) is 4.79 Å². The molecule has 0 fully saturated rings. The third-order valence-electron chi connectivity index (χ3n) is 1.31. The van der Waals surface area contributed by atoms with Crippen LogP contribution in [0.5, 0.6) is 0 Å². The van der Waals surface area contributed by atoms with E-state index in [4.69, 9.17) is 5.73 Å². The summed E-state index contributed by atoms with van der Waals surface area (Å²) in [5, 5.41) is 0. The molecule has 0 atom stereocenters. The van der Waals surface area contributed by atoms with Gasteiger partial charge in [-0.15, -0.1) is 0 Å². The first-order valence-electron chi connectivity index (χ1n) is 4.01. The molecule has 5 nitrogen and oxygen atoms in total. The van der Waals surface area contributed by atoms with E-state index >= 15 is 0 Å². The predicted octanol–water partition coefficient (Wildman–Crippen LogP) is 0.700. The molecule has 5 heteroatoms.